The molecule has 1 aliphatic carbocycles. The minimum Gasteiger partial charge on any atom is -0.274 e. The summed E-state index contributed by atoms with van der Waals surface area (Å²) in [5.74, 6) is -0.211. The van der Waals surface area contributed by atoms with E-state index in [1.165, 1.54) is 4.90 Å². The minimum absolute atomic E-state index is 0.0737. The van der Waals surface area contributed by atoms with Gasteiger partial charge in [-0.05, 0) is 46.3 Å². The van der Waals surface area contributed by atoms with Crippen LogP contribution >= 0.6 is 27.5 Å². The molecule has 2 aliphatic rings. The van der Waals surface area contributed by atoms with Gasteiger partial charge in [-0.1, -0.05) is 30.5 Å². The van der Waals surface area contributed by atoms with E-state index in [1.807, 2.05) is 0 Å². The Hall–Kier alpha value is -0.870. The van der Waals surface area contributed by atoms with E-state index < -0.39 is 0 Å². The van der Waals surface area contributed by atoms with Crippen molar-refractivity contribution in [1.82, 2.24) is 0 Å². The summed E-state index contributed by atoms with van der Waals surface area (Å²) >= 11 is 9.42. The van der Waals surface area contributed by atoms with Gasteiger partial charge in [0.2, 0.25) is 11.8 Å². The number of amides is 2. The zero-order valence-electron chi connectivity index (χ0n) is 11.0. The van der Waals surface area contributed by atoms with Crippen molar-refractivity contribution in [3.63, 3.8) is 0 Å². The molecule has 3 nitrogen and oxygen atoms in total. The van der Waals surface area contributed by atoms with Crippen LogP contribution in [0.2, 0.25) is 5.02 Å². The molecule has 0 radical (unpaired) electrons. The maximum atomic E-state index is 12.5. The maximum absolute atomic E-state index is 12.5. The lowest BCUT2D eigenvalue weighted by Gasteiger charge is -2.37. The third-order valence-corrected chi connectivity index (χ3v) is 5.76. The molecule has 1 aromatic carbocycles. The first kappa shape index (κ1) is 14.1. The number of carbonyl (C=O) groups is 2. The van der Waals surface area contributed by atoms with Crippen LogP contribution in [-0.4, -0.2) is 11.8 Å². The van der Waals surface area contributed by atoms with Crippen molar-refractivity contribution >= 4 is 45.0 Å². The molecule has 5 heteroatoms. The molecule has 0 atom stereocenters. The Bertz CT molecular complexity index is 561. The number of nitrogens with zero attached hydrogens (tertiary/aromatic N) is 1. The van der Waals surface area contributed by atoms with Crippen molar-refractivity contribution in [3.8, 4) is 0 Å². The van der Waals surface area contributed by atoms with Crippen LogP contribution in [-0.2, 0) is 9.59 Å². The lowest BCUT2D eigenvalue weighted by molar-refractivity contribution is -0.133. The van der Waals surface area contributed by atoms with Crippen molar-refractivity contribution in [3.05, 3.63) is 27.7 Å². The smallest absolute Gasteiger partial charge is 0.234 e. The van der Waals surface area contributed by atoms with Crippen LogP contribution < -0.4 is 4.90 Å². The Balaban J connectivity index is 1.94. The lowest BCUT2D eigenvalue weighted by Crippen LogP contribution is -2.47. The first-order chi connectivity index (χ1) is 9.52. The van der Waals surface area contributed by atoms with E-state index in [1.54, 1.807) is 18.2 Å². The average Bonchev–Trinajstić information content (AvgIpc) is 2.81. The fraction of sp³-hybridized carbons (Fsp3) is 0.467. The molecule has 20 heavy (non-hydrogen) atoms. The predicted molar refractivity (Wildman–Crippen MR) is 81.8 cm³/mol. The Labute approximate surface area is 131 Å². The highest BCUT2D eigenvalue weighted by atomic mass is 79.9. The van der Waals surface area contributed by atoms with Crippen LogP contribution in [0, 0.1) is 5.41 Å². The molecule has 2 amide bonds. The van der Waals surface area contributed by atoms with Crippen molar-refractivity contribution in [1.29, 1.82) is 0 Å². The van der Waals surface area contributed by atoms with Crippen molar-refractivity contribution in [2.45, 2.75) is 38.5 Å². The molecule has 1 spiro atoms. The van der Waals surface area contributed by atoms with Crippen LogP contribution in [0.4, 0.5) is 5.69 Å². The third kappa shape index (κ3) is 2.29. The van der Waals surface area contributed by atoms with Gasteiger partial charge in [-0.3, -0.25) is 9.59 Å². The van der Waals surface area contributed by atoms with Crippen molar-refractivity contribution < 1.29 is 9.59 Å². The Morgan fingerprint density at radius 3 is 2.30 bits per heavy atom. The van der Waals surface area contributed by atoms with Gasteiger partial charge < -0.3 is 0 Å². The summed E-state index contributed by atoms with van der Waals surface area (Å²) in [6.07, 6.45) is 5.18. The summed E-state index contributed by atoms with van der Waals surface area (Å²) in [5.41, 5.74) is 0.482. The second-order valence-corrected chi connectivity index (χ2v) is 6.96. The largest absolute Gasteiger partial charge is 0.274 e. The normalized spacial score (nSPS) is 21.8. The predicted octanol–water partition coefficient (Wildman–Crippen LogP) is 4.32. The van der Waals surface area contributed by atoms with E-state index >= 15 is 0 Å². The number of piperidine rings is 1. The van der Waals surface area contributed by atoms with Crippen LogP contribution in [0.15, 0.2) is 22.7 Å². The Morgan fingerprint density at radius 1 is 1.10 bits per heavy atom. The summed E-state index contributed by atoms with van der Waals surface area (Å²) in [6, 6.07) is 5.23. The average molecular weight is 357 g/mol. The molecule has 0 aromatic heterocycles. The molecule has 2 fully saturated rings. The SMILES string of the molecule is O=C1CC2(CCCC2)CC(=O)N1c1cccc(Cl)c1Br. The summed E-state index contributed by atoms with van der Waals surface area (Å²) in [4.78, 5) is 26.2. The van der Waals surface area contributed by atoms with Gasteiger partial charge >= 0.3 is 0 Å². The maximum Gasteiger partial charge on any atom is 0.234 e. The summed E-state index contributed by atoms with van der Waals surface area (Å²) in [5, 5.41) is 0.504. The molecule has 3 rings (SSSR count). The number of hydrogen-bond acceptors (Lipinski definition) is 2. The van der Waals surface area contributed by atoms with E-state index in [-0.39, 0.29) is 17.2 Å². The summed E-state index contributed by atoms with van der Waals surface area (Å²) in [7, 11) is 0. The van der Waals surface area contributed by atoms with Crippen molar-refractivity contribution in [2.75, 3.05) is 4.90 Å². The Morgan fingerprint density at radius 2 is 1.70 bits per heavy atom. The van der Waals surface area contributed by atoms with Crippen LogP contribution in [0.5, 0.6) is 0 Å². The lowest BCUT2D eigenvalue weighted by atomic mass is 9.76. The minimum atomic E-state index is -0.105. The fourth-order valence-corrected chi connectivity index (χ4v) is 4.02. The topological polar surface area (TPSA) is 37.4 Å². The molecule has 0 unspecified atom stereocenters. The van der Waals surface area contributed by atoms with Gasteiger partial charge in [0.1, 0.15) is 0 Å². The Kier molecular flexibility index (Phi) is 3.63. The number of rotatable bonds is 1. The van der Waals surface area contributed by atoms with E-state index in [0.717, 1.165) is 25.7 Å². The van der Waals surface area contributed by atoms with Gasteiger partial charge in [0, 0.05) is 12.8 Å². The van der Waals surface area contributed by atoms with Gasteiger partial charge in [0.25, 0.3) is 0 Å². The van der Waals surface area contributed by atoms with E-state index in [0.29, 0.717) is 28.0 Å². The van der Waals surface area contributed by atoms with Gasteiger partial charge in [0.15, 0.2) is 0 Å². The monoisotopic (exact) mass is 355 g/mol. The highest BCUT2D eigenvalue weighted by Gasteiger charge is 2.45. The summed E-state index contributed by atoms with van der Waals surface area (Å²) < 4.78 is 0.603. The fourth-order valence-electron chi connectivity index (χ4n) is 3.41. The molecule has 1 saturated carbocycles. The van der Waals surface area contributed by atoms with Crippen LogP contribution in [0.3, 0.4) is 0 Å². The second kappa shape index (κ2) is 5.15. The van der Waals surface area contributed by atoms with Gasteiger partial charge in [-0.25, -0.2) is 4.90 Å². The van der Waals surface area contributed by atoms with Gasteiger partial charge in [-0.15, -0.1) is 0 Å². The van der Waals surface area contributed by atoms with Gasteiger partial charge in [-0.2, -0.15) is 0 Å². The third-order valence-electron chi connectivity index (χ3n) is 4.39. The molecule has 1 aromatic rings. The molecular formula is C15H15BrClNO2. The van der Waals surface area contributed by atoms with Crippen molar-refractivity contribution in [2.24, 2.45) is 5.41 Å². The molecule has 1 heterocycles. The molecular weight excluding hydrogens is 342 g/mol. The molecule has 1 aliphatic heterocycles. The first-order valence-corrected chi connectivity index (χ1v) is 7.99. The number of halogens is 2. The highest BCUT2D eigenvalue weighted by molar-refractivity contribution is 9.10. The van der Waals surface area contributed by atoms with Gasteiger partial charge in [0.05, 0.1) is 15.2 Å². The zero-order valence-corrected chi connectivity index (χ0v) is 13.3. The van der Waals surface area contributed by atoms with E-state index in [9.17, 15) is 9.59 Å². The number of imide groups is 1. The standard InChI is InChI=1S/C15H15BrClNO2/c16-14-10(17)4-3-5-11(14)18-12(19)8-15(9-13(18)20)6-1-2-7-15/h3-5H,1-2,6-9H2. The number of hydrogen-bond donors (Lipinski definition) is 0. The molecule has 0 N–H and O–H groups in total. The number of carbonyl (C=O) groups excluding carboxylic acids is 2. The molecule has 0 bridgehead atoms. The zero-order chi connectivity index (χ0) is 14.3. The summed E-state index contributed by atoms with van der Waals surface area (Å²) in [6.45, 7) is 0. The van der Waals surface area contributed by atoms with Crippen LogP contribution in [0.25, 0.3) is 0 Å². The van der Waals surface area contributed by atoms with E-state index in [4.69, 9.17) is 11.6 Å². The second-order valence-electron chi connectivity index (χ2n) is 5.76. The number of benzene rings is 1. The van der Waals surface area contributed by atoms with Crippen LogP contribution in [0.1, 0.15) is 38.5 Å². The number of anilines is 1. The van der Waals surface area contributed by atoms with E-state index in [2.05, 4.69) is 15.9 Å². The highest BCUT2D eigenvalue weighted by Crippen LogP contribution is 2.48. The molecule has 106 valence electrons. The quantitative estimate of drug-likeness (QED) is 0.703. The molecule has 1 saturated heterocycles. The first-order valence-electron chi connectivity index (χ1n) is 6.82.